The van der Waals surface area contributed by atoms with Gasteiger partial charge in [0.25, 0.3) is 0 Å². The Kier molecular flexibility index (Phi) is 11.6. The standard InChI is InChI=1S/C19H26N2O2.C6H8N2O3/c1-2-14-23-19(22)17-10-6-12-18(13-7-11-17)21(20)15-16-8-4-3-5-9-16;1-10-4-3-5(11-2)8-6(9)7-4/h3-11,17-18H,2,12-15,20H2,1H3;3H,1-2H3,(H,7,8,9)/b10-6-,11-7?;. The van der Waals surface area contributed by atoms with Crippen LogP contribution >= 0.6 is 0 Å². The molecule has 1 aromatic heterocycles. The summed E-state index contributed by atoms with van der Waals surface area (Å²) in [5.41, 5.74) is 0.715. The molecule has 0 amide bonds. The van der Waals surface area contributed by atoms with Gasteiger partial charge >= 0.3 is 11.7 Å². The van der Waals surface area contributed by atoms with Crippen LogP contribution in [0.15, 0.2) is 65.5 Å². The number of hydrogen-bond acceptors (Lipinski definition) is 8. The Morgan fingerprint density at radius 3 is 2.41 bits per heavy atom. The average molecular weight is 471 g/mol. The number of nitrogens with one attached hydrogen (secondary N) is 1. The summed E-state index contributed by atoms with van der Waals surface area (Å²) in [6, 6.07) is 11.9. The van der Waals surface area contributed by atoms with Crippen molar-refractivity contribution in [3.8, 4) is 11.8 Å². The highest BCUT2D eigenvalue weighted by molar-refractivity contribution is 5.76. The van der Waals surface area contributed by atoms with E-state index < -0.39 is 5.69 Å². The maximum absolute atomic E-state index is 11.9. The van der Waals surface area contributed by atoms with E-state index in [1.54, 1.807) is 0 Å². The summed E-state index contributed by atoms with van der Waals surface area (Å²) in [6.45, 7) is 3.19. The van der Waals surface area contributed by atoms with Crippen molar-refractivity contribution < 1.29 is 19.0 Å². The molecule has 184 valence electrons. The van der Waals surface area contributed by atoms with Crippen LogP contribution in [0.5, 0.6) is 11.8 Å². The van der Waals surface area contributed by atoms with Crippen molar-refractivity contribution in [2.24, 2.45) is 11.8 Å². The summed E-state index contributed by atoms with van der Waals surface area (Å²) in [4.78, 5) is 28.5. The molecule has 1 aliphatic rings. The van der Waals surface area contributed by atoms with Crippen LogP contribution in [-0.2, 0) is 16.1 Å². The highest BCUT2D eigenvalue weighted by Crippen LogP contribution is 2.17. The first-order valence-corrected chi connectivity index (χ1v) is 11.2. The largest absolute Gasteiger partial charge is 0.482 e. The molecule has 34 heavy (non-hydrogen) atoms. The zero-order chi connectivity index (χ0) is 24.8. The molecule has 2 aromatic rings. The molecular weight excluding hydrogens is 436 g/mol. The minimum Gasteiger partial charge on any atom is -0.482 e. The van der Waals surface area contributed by atoms with E-state index in [1.165, 1.54) is 25.8 Å². The van der Waals surface area contributed by atoms with Crippen molar-refractivity contribution in [1.82, 2.24) is 15.0 Å². The second-order valence-corrected chi connectivity index (χ2v) is 7.63. The number of carbonyl (C=O) groups excluding carboxylic acids is 1. The Balaban J connectivity index is 0.000000310. The summed E-state index contributed by atoms with van der Waals surface area (Å²) >= 11 is 0. The van der Waals surface area contributed by atoms with Gasteiger partial charge in [-0.1, -0.05) is 61.6 Å². The van der Waals surface area contributed by atoms with E-state index in [9.17, 15) is 9.59 Å². The smallest absolute Gasteiger partial charge is 0.351 e. The number of hydrogen-bond donors (Lipinski definition) is 2. The van der Waals surface area contributed by atoms with Crippen molar-refractivity contribution in [1.29, 1.82) is 0 Å². The molecule has 0 spiro atoms. The lowest BCUT2D eigenvalue weighted by Gasteiger charge is -2.27. The lowest BCUT2D eigenvalue weighted by molar-refractivity contribution is -0.145. The van der Waals surface area contributed by atoms with Gasteiger partial charge in [-0.05, 0) is 24.8 Å². The molecule has 0 saturated heterocycles. The summed E-state index contributed by atoms with van der Waals surface area (Å²) in [5, 5.41) is 1.87. The van der Waals surface area contributed by atoms with E-state index in [-0.39, 0.29) is 23.8 Å². The molecule has 2 atom stereocenters. The number of H-pyrrole nitrogens is 1. The van der Waals surface area contributed by atoms with E-state index in [0.717, 1.165) is 25.8 Å². The molecule has 3 rings (SSSR count). The predicted molar refractivity (Wildman–Crippen MR) is 130 cm³/mol. The zero-order valence-electron chi connectivity index (χ0n) is 20.0. The van der Waals surface area contributed by atoms with Crippen molar-refractivity contribution in [2.45, 2.75) is 38.8 Å². The molecule has 1 heterocycles. The number of hydrazine groups is 1. The molecule has 0 bridgehead atoms. The number of carbonyl (C=O) groups is 1. The van der Waals surface area contributed by atoms with Crippen LogP contribution in [0, 0.1) is 5.92 Å². The van der Waals surface area contributed by atoms with Gasteiger partial charge in [-0.2, -0.15) is 4.98 Å². The second-order valence-electron chi connectivity index (χ2n) is 7.63. The van der Waals surface area contributed by atoms with Gasteiger partial charge in [0.1, 0.15) is 0 Å². The summed E-state index contributed by atoms with van der Waals surface area (Å²) in [5.74, 6) is 6.36. The minimum atomic E-state index is -0.485. The first kappa shape index (κ1) is 26.8. The normalized spacial score (nSPS) is 18.1. The van der Waals surface area contributed by atoms with E-state index in [0.29, 0.717) is 12.5 Å². The molecule has 0 saturated carbocycles. The number of benzene rings is 1. The fourth-order valence-corrected chi connectivity index (χ4v) is 3.20. The highest BCUT2D eigenvalue weighted by Gasteiger charge is 2.18. The number of methoxy groups -OCH3 is 2. The van der Waals surface area contributed by atoms with Crippen molar-refractivity contribution in [3.05, 3.63) is 76.8 Å². The van der Waals surface area contributed by atoms with Gasteiger partial charge in [-0.15, -0.1) is 0 Å². The summed E-state index contributed by atoms with van der Waals surface area (Å²) < 4.78 is 14.7. The van der Waals surface area contributed by atoms with Crippen LogP contribution in [0.4, 0.5) is 0 Å². The SMILES string of the molecule is CCCOC(=O)C1C=CCC(N(N)Cc2ccccc2)C/C=C\1.COc1cc(OC)[nH]c(=O)n1. The van der Waals surface area contributed by atoms with Crippen LogP contribution in [-0.4, -0.2) is 47.8 Å². The van der Waals surface area contributed by atoms with Gasteiger partial charge in [0.2, 0.25) is 5.88 Å². The van der Waals surface area contributed by atoms with E-state index in [4.69, 9.17) is 20.1 Å². The van der Waals surface area contributed by atoms with Crippen molar-refractivity contribution in [3.63, 3.8) is 0 Å². The Labute approximate surface area is 200 Å². The Morgan fingerprint density at radius 1 is 1.15 bits per heavy atom. The molecular formula is C25H34N4O5. The van der Waals surface area contributed by atoms with Crippen LogP contribution in [0.25, 0.3) is 0 Å². The molecule has 0 aliphatic heterocycles. The van der Waals surface area contributed by atoms with E-state index >= 15 is 0 Å². The maximum Gasteiger partial charge on any atom is 0.351 e. The van der Waals surface area contributed by atoms with Gasteiger partial charge in [-0.3, -0.25) is 15.6 Å². The van der Waals surface area contributed by atoms with Gasteiger partial charge in [-0.25, -0.2) is 9.80 Å². The quantitative estimate of drug-likeness (QED) is 0.262. The minimum absolute atomic E-state index is 0.174. The zero-order valence-corrected chi connectivity index (χ0v) is 20.0. The van der Waals surface area contributed by atoms with Gasteiger partial charge in [0, 0.05) is 12.6 Å². The molecule has 2 unspecified atom stereocenters. The molecule has 0 fully saturated rings. The number of nitrogens with two attached hydrogens (primary N) is 1. The molecule has 1 aromatic carbocycles. The molecule has 3 N–H and O–H groups in total. The lowest BCUT2D eigenvalue weighted by atomic mass is 10.00. The van der Waals surface area contributed by atoms with E-state index in [2.05, 4.69) is 22.1 Å². The van der Waals surface area contributed by atoms with Crippen LogP contribution < -0.4 is 21.0 Å². The Morgan fingerprint density at radius 2 is 1.82 bits per heavy atom. The van der Waals surface area contributed by atoms with Crippen LogP contribution in [0.1, 0.15) is 31.7 Å². The van der Waals surface area contributed by atoms with Crippen molar-refractivity contribution in [2.75, 3.05) is 20.8 Å². The number of esters is 1. The fourth-order valence-electron chi connectivity index (χ4n) is 3.20. The monoisotopic (exact) mass is 470 g/mol. The molecule has 9 nitrogen and oxygen atoms in total. The van der Waals surface area contributed by atoms with Crippen molar-refractivity contribution >= 4 is 5.97 Å². The summed E-state index contributed by atoms with van der Waals surface area (Å²) in [6.07, 6.45) is 10.4. The molecule has 9 heteroatoms. The number of ether oxygens (including phenoxy) is 3. The van der Waals surface area contributed by atoms with Crippen LogP contribution in [0.2, 0.25) is 0 Å². The van der Waals surface area contributed by atoms with Gasteiger partial charge in [0.05, 0.1) is 32.8 Å². The number of aromatic amines is 1. The first-order chi connectivity index (χ1) is 16.5. The van der Waals surface area contributed by atoms with Gasteiger partial charge < -0.3 is 14.2 Å². The average Bonchev–Trinajstić information content (AvgIpc) is 2.83. The van der Waals surface area contributed by atoms with Gasteiger partial charge in [0.15, 0.2) is 5.88 Å². The number of rotatable bonds is 8. The Hall–Kier alpha value is -3.43. The predicted octanol–water partition coefficient (Wildman–Crippen LogP) is 2.99. The molecule has 1 aliphatic carbocycles. The highest BCUT2D eigenvalue weighted by atomic mass is 16.5. The topological polar surface area (TPSA) is 120 Å². The lowest BCUT2D eigenvalue weighted by Crippen LogP contribution is -2.40. The number of aromatic nitrogens is 2. The molecule has 0 radical (unpaired) electrons. The van der Waals surface area contributed by atoms with Crippen LogP contribution in [0.3, 0.4) is 0 Å². The van der Waals surface area contributed by atoms with E-state index in [1.807, 2.05) is 54.4 Å². The summed E-state index contributed by atoms with van der Waals surface area (Å²) in [7, 11) is 2.88. The third-order valence-corrected chi connectivity index (χ3v) is 5.03. The second kappa shape index (κ2) is 14.7. The maximum atomic E-state index is 11.9. The first-order valence-electron chi connectivity index (χ1n) is 11.2. The third-order valence-electron chi connectivity index (χ3n) is 5.03. The number of nitrogens with zero attached hydrogens (tertiary/aromatic N) is 2. The third kappa shape index (κ3) is 9.21. The Bertz CT molecular complexity index is 949. The fraction of sp³-hybridized carbons (Fsp3) is 0.400.